The van der Waals surface area contributed by atoms with Crippen molar-refractivity contribution in [2.24, 2.45) is 10.1 Å². The van der Waals surface area contributed by atoms with Gasteiger partial charge in [0.15, 0.2) is 0 Å². The molecular weight excluding hydrogens is 362 g/mol. The maximum atomic E-state index is 12.9. The normalized spacial score (nSPS) is 12.7. The lowest BCUT2D eigenvalue weighted by molar-refractivity contribution is 0.0996. The summed E-state index contributed by atoms with van der Waals surface area (Å²) in [7, 11) is 1.51. The van der Waals surface area contributed by atoms with Crippen LogP contribution < -0.4 is 9.41 Å². The van der Waals surface area contributed by atoms with Gasteiger partial charge in [0.2, 0.25) is 0 Å². The van der Waals surface area contributed by atoms with Crippen molar-refractivity contribution in [1.29, 1.82) is 0 Å². The second-order valence-corrected chi connectivity index (χ2v) is 8.23. The van der Waals surface area contributed by atoms with Crippen molar-refractivity contribution in [3.05, 3.63) is 45.8 Å². The largest absolute Gasteiger partial charge is 0.496 e. The number of unbranched alkanes of at least 4 members (excludes halogenated alkanes) is 1. The Kier molecular flexibility index (Phi) is 6.96. The van der Waals surface area contributed by atoms with E-state index in [2.05, 4.69) is 48.0 Å². The van der Waals surface area contributed by atoms with E-state index < -0.39 is 0 Å². The van der Waals surface area contributed by atoms with E-state index in [0.717, 1.165) is 29.5 Å². The fourth-order valence-electron chi connectivity index (χ4n) is 2.53. The van der Waals surface area contributed by atoms with Crippen LogP contribution in [0.1, 0.15) is 62.0 Å². The summed E-state index contributed by atoms with van der Waals surface area (Å²) in [5.74, 6) is 0.0647. The van der Waals surface area contributed by atoms with E-state index in [0.29, 0.717) is 16.9 Å². The molecule has 0 atom stereocenters. The molecular formula is C20H27N3O3S. The zero-order valence-electron chi connectivity index (χ0n) is 16.5. The predicted molar refractivity (Wildman–Crippen MR) is 108 cm³/mol. The van der Waals surface area contributed by atoms with E-state index in [1.54, 1.807) is 18.2 Å². The van der Waals surface area contributed by atoms with Crippen LogP contribution in [0, 0.1) is 0 Å². The van der Waals surface area contributed by atoms with E-state index >= 15 is 0 Å². The zero-order chi connectivity index (χ0) is 20.0. The number of carbonyl (C=O) groups excluding carboxylic acids is 1. The van der Waals surface area contributed by atoms with Crippen molar-refractivity contribution in [2.45, 2.75) is 52.5 Å². The third kappa shape index (κ3) is 5.29. The molecule has 146 valence electrons. The number of nitrogens with zero attached hydrogens (tertiary/aromatic N) is 3. The Morgan fingerprint density at radius 1 is 1.37 bits per heavy atom. The molecule has 2 rings (SSSR count). The first-order chi connectivity index (χ1) is 12.8. The second kappa shape index (κ2) is 8.99. The molecule has 0 aliphatic heterocycles. The molecule has 2 aromatic rings. The van der Waals surface area contributed by atoms with Crippen molar-refractivity contribution in [2.75, 3.05) is 7.11 Å². The third-order valence-electron chi connectivity index (χ3n) is 4.06. The fraction of sp³-hybridized carbons (Fsp3) is 0.450. The lowest BCUT2D eigenvalue weighted by Crippen LogP contribution is -2.18. The minimum atomic E-state index is -0.374. The summed E-state index contributed by atoms with van der Waals surface area (Å²) in [4.78, 5) is 17.3. The van der Waals surface area contributed by atoms with Crippen LogP contribution in [0.2, 0.25) is 0 Å². The molecule has 0 aliphatic rings. The van der Waals surface area contributed by atoms with Gasteiger partial charge in [-0.1, -0.05) is 18.5 Å². The molecule has 0 bridgehead atoms. The molecule has 27 heavy (non-hydrogen) atoms. The molecule has 0 spiro atoms. The predicted octanol–water partition coefficient (Wildman–Crippen LogP) is 4.21. The van der Waals surface area contributed by atoms with Crippen LogP contribution in [-0.2, 0) is 12.0 Å². The van der Waals surface area contributed by atoms with Gasteiger partial charge in [0.05, 0.1) is 18.9 Å². The molecule has 0 fully saturated rings. The molecule has 1 N–H and O–H groups in total. The number of hydrogen-bond donors (Lipinski definition) is 1. The molecule has 1 heterocycles. The van der Waals surface area contributed by atoms with Crippen LogP contribution in [0.5, 0.6) is 5.75 Å². The first kappa shape index (κ1) is 20.9. The van der Waals surface area contributed by atoms with Crippen molar-refractivity contribution in [3.63, 3.8) is 0 Å². The molecule has 0 radical (unpaired) electrons. The van der Waals surface area contributed by atoms with Crippen LogP contribution in [0.3, 0.4) is 0 Å². The molecule has 0 unspecified atom stereocenters. The Bertz CT molecular complexity index is 889. The van der Waals surface area contributed by atoms with Crippen LogP contribution in [0.25, 0.3) is 0 Å². The average Bonchev–Trinajstić information content (AvgIpc) is 3.03. The van der Waals surface area contributed by atoms with Gasteiger partial charge in [0.1, 0.15) is 10.4 Å². The van der Waals surface area contributed by atoms with Crippen LogP contribution >= 0.6 is 11.5 Å². The number of oxime groups is 1. The quantitative estimate of drug-likeness (QED) is 0.457. The number of hydrogen-bond acceptors (Lipinski definition) is 5. The zero-order valence-corrected chi connectivity index (χ0v) is 17.3. The molecule has 7 heteroatoms. The monoisotopic (exact) mass is 389 g/mol. The topological polar surface area (TPSA) is 76.2 Å². The summed E-state index contributed by atoms with van der Waals surface area (Å²) in [6.45, 7) is 8.52. The molecule has 0 saturated heterocycles. The Hall–Kier alpha value is -2.41. The summed E-state index contributed by atoms with van der Waals surface area (Å²) >= 11 is 1.49. The van der Waals surface area contributed by atoms with E-state index in [9.17, 15) is 4.79 Å². The van der Waals surface area contributed by atoms with Gasteiger partial charge in [-0.25, -0.2) is 0 Å². The van der Waals surface area contributed by atoms with Gasteiger partial charge in [0.25, 0.3) is 5.91 Å². The molecule has 6 nitrogen and oxygen atoms in total. The van der Waals surface area contributed by atoms with Crippen LogP contribution in [0.4, 0.5) is 0 Å². The Balaban J connectivity index is 2.52. The second-order valence-electron chi connectivity index (χ2n) is 7.27. The first-order valence-electron chi connectivity index (χ1n) is 8.97. The van der Waals surface area contributed by atoms with Gasteiger partial charge < -0.3 is 9.94 Å². The van der Waals surface area contributed by atoms with E-state index in [1.807, 2.05) is 0 Å². The highest BCUT2D eigenvalue weighted by Crippen LogP contribution is 2.21. The van der Waals surface area contributed by atoms with Crippen molar-refractivity contribution < 1.29 is 14.7 Å². The minimum Gasteiger partial charge on any atom is -0.496 e. The first-order valence-corrected chi connectivity index (χ1v) is 9.74. The number of amides is 1. The summed E-state index contributed by atoms with van der Waals surface area (Å²) in [5.41, 5.74) is 1.95. The van der Waals surface area contributed by atoms with Gasteiger partial charge in [-0.2, -0.15) is 4.99 Å². The number of aromatic nitrogens is 1. The lowest BCUT2D eigenvalue weighted by atomic mass is 10.1. The molecule has 1 aromatic heterocycles. The highest BCUT2D eigenvalue weighted by Gasteiger charge is 2.17. The number of ether oxygens (including phenoxy) is 1. The van der Waals surface area contributed by atoms with Gasteiger partial charge in [-0.15, -0.1) is 0 Å². The summed E-state index contributed by atoms with van der Waals surface area (Å²) < 4.78 is 8.17. The van der Waals surface area contributed by atoms with Gasteiger partial charge in [0, 0.05) is 17.3 Å². The van der Waals surface area contributed by atoms with E-state index in [1.165, 1.54) is 24.9 Å². The van der Waals surface area contributed by atoms with E-state index in [4.69, 9.17) is 9.94 Å². The standard InChI is InChI=1S/C20H27N3O3S/c1-6-7-8-15-13-23(20(2,3)4)27-19(15)22-18(24)16-11-14(12-21-25)9-10-17(16)26-5/h9-13,25H,6-8H2,1-5H3/b21-12+,22-19?. The number of carbonyl (C=O) groups is 1. The summed E-state index contributed by atoms with van der Waals surface area (Å²) in [6.07, 6.45) is 6.37. The summed E-state index contributed by atoms with van der Waals surface area (Å²) in [6, 6.07) is 4.99. The fourth-order valence-corrected chi connectivity index (χ4v) is 3.56. The number of rotatable bonds is 6. The Morgan fingerprint density at radius 2 is 2.11 bits per heavy atom. The summed E-state index contributed by atoms with van der Waals surface area (Å²) in [5, 5.41) is 11.8. The van der Waals surface area contributed by atoms with Crippen molar-refractivity contribution in [3.8, 4) is 5.75 Å². The van der Waals surface area contributed by atoms with Gasteiger partial charge in [-0.05, 0) is 68.9 Å². The number of methoxy groups -OCH3 is 1. The molecule has 0 aliphatic carbocycles. The van der Waals surface area contributed by atoms with E-state index in [-0.39, 0.29) is 11.4 Å². The van der Waals surface area contributed by atoms with Gasteiger partial charge >= 0.3 is 0 Å². The van der Waals surface area contributed by atoms with Crippen LogP contribution in [0.15, 0.2) is 34.5 Å². The molecule has 1 aromatic carbocycles. The highest BCUT2D eigenvalue weighted by atomic mass is 32.1. The van der Waals surface area contributed by atoms with Gasteiger partial charge in [-0.3, -0.25) is 8.75 Å². The lowest BCUT2D eigenvalue weighted by Gasteiger charge is -2.19. The molecule has 1 amide bonds. The van der Waals surface area contributed by atoms with Crippen molar-refractivity contribution >= 4 is 23.7 Å². The minimum absolute atomic E-state index is 0.0718. The van der Waals surface area contributed by atoms with Crippen molar-refractivity contribution in [1.82, 2.24) is 3.96 Å². The van der Waals surface area contributed by atoms with Crippen LogP contribution in [-0.4, -0.2) is 28.4 Å². The Morgan fingerprint density at radius 3 is 2.70 bits per heavy atom. The maximum Gasteiger partial charge on any atom is 0.282 e. The average molecular weight is 390 g/mol. The Labute approximate surface area is 164 Å². The smallest absolute Gasteiger partial charge is 0.282 e. The maximum absolute atomic E-state index is 12.9. The molecule has 0 saturated carbocycles. The number of aryl methyl sites for hydroxylation is 1. The third-order valence-corrected chi connectivity index (χ3v) is 5.43. The SMILES string of the molecule is CCCCc1cn(C(C)(C)C)sc1=NC(=O)c1cc(/C=N/O)ccc1OC. The number of benzene rings is 1. The highest BCUT2D eigenvalue weighted by molar-refractivity contribution is 7.04.